The zero-order valence-electron chi connectivity index (χ0n) is 16.7. The number of hydrogen-bond acceptors (Lipinski definition) is 4. The molecule has 0 radical (unpaired) electrons. The first kappa shape index (κ1) is 20.4. The SMILES string of the molecule is CCN(CCCNC(=O)CCN1C(=O)C2CCCCC2C1=O)c1ccccc1. The number of para-hydroxylation sites is 1. The van der Waals surface area contributed by atoms with Crippen molar-refractivity contribution in [1.29, 1.82) is 0 Å². The molecule has 3 rings (SSSR count). The summed E-state index contributed by atoms with van der Waals surface area (Å²) in [6.45, 7) is 4.71. The van der Waals surface area contributed by atoms with Crippen LogP contribution in [0.1, 0.15) is 45.4 Å². The Hall–Kier alpha value is -2.37. The molecule has 1 aliphatic carbocycles. The normalized spacial score (nSPS) is 21.5. The predicted molar refractivity (Wildman–Crippen MR) is 109 cm³/mol. The van der Waals surface area contributed by atoms with Crippen LogP contribution in [0.3, 0.4) is 0 Å². The molecule has 1 saturated carbocycles. The van der Waals surface area contributed by atoms with E-state index in [9.17, 15) is 14.4 Å². The second-order valence-electron chi connectivity index (χ2n) is 7.69. The lowest BCUT2D eigenvalue weighted by Gasteiger charge is -2.23. The monoisotopic (exact) mass is 385 g/mol. The molecule has 0 spiro atoms. The molecular formula is C22H31N3O3. The number of likely N-dealkylation sites (tertiary alicyclic amines) is 1. The zero-order chi connectivity index (χ0) is 19.9. The van der Waals surface area contributed by atoms with Crippen molar-refractivity contribution in [3.05, 3.63) is 30.3 Å². The molecule has 3 amide bonds. The van der Waals surface area contributed by atoms with E-state index in [1.165, 1.54) is 10.6 Å². The molecule has 2 atom stereocenters. The average Bonchev–Trinajstić information content (AvgIpc) is 2.97. The largest absolute Gasteiger partial charge is 0.372 e. The van der Waals surface area contributed by atoms with Gasteiger partial charge in [0.2, 0.25) is 17.7 Å². The highest BCUT2D eigenvalue weighted by atomic mass is 16.2. The third-order valence-electron chi connectivity index (χ3n) is 5.92. The minimum absolute atomic E-state index is 0.0658. The molecule has 0 bridgehead atoms. The van der Waals surface area contributed by atoms with Crippen LogP contribution in [-0.2, 0) is 14.4 Å². The molecule has 1 N–H and O–H groups in total. The van der Waals surface area contributed by atoms with Crippen LogP contribution < -0.4 is 10.2 Å². The average molecular weight is 386 g/mol. The summed E-state index contributed by atoms with van der Waals surface area (Å²) in [5.41, 5.74) is 1.18. The minimum atomic E-state index is -0.137. The molecule has 2 aliphatic rings. The van der Waals surface area contributed by atoms with E-state index in [0.29, 0.717) is 6.54 Å². The lowest BCUT2D eigenvalue weighted by molar-refractivity contribution is -0.140. The highest BCUT2D eigenvalue weighted by Crippen LogP contribution is 2.37. The van der Waals surface area contributed by atoms with Crippen molar-refractivity contribution in [2.45, 2.75) is 45.4 Å². The third-order valence-corrected chi connectivity index (χ3v) is 5.92. The summed E-state index contributed by atoms with van der Waals surface area (Å²) in [5, 5.41) is 2.92. The van der Waals surface area contributed by atoms with Gasteiger partial charge in [0.15, 0.2) is 0 Å². The van der Waals surface area contributed by atoms with Gasteiger partial charge in [0.1, 0.15) is 0 Å². The standard InChI is InChI=1S/C22H31N3O3/c1-2-24(17-9-4-3-5-10-17)15-8-14-23-20(26)13-16-25-21(27)18-11-6-7-12-19(18)22(25)28/h3-5,9-10,18-19H,2,6-8,11-16H2,1H3,(H,23,26). The molecule has 2 unspecified atom stereocenters. The minimum Gasteiger partial charge on any atom is -0.372 e. The number of anilines is 1. The van der Waals surface area contributed by atoms with Crippen LogP contribution in [0.5, 0.6) is 0 Å². The molecule has 1 aromatic carbocycles. The summed E-state index contributed by atoms with van der Waals surface area (Å²) in [6, 6.07) is 10.2. The number of benzene rings is 1. The zero-order valence-corrected chi connectivity index (χ0v) is 16.7. The maximum absolute atomic E-state index is 12.4. The van der Waals surface area contributed by atoms with Crippen LogP contribution in [0, 0.1) is 11.8 Å². The Morgan fingerprint density at radius 2 is 1.75 bits per heavy atom. The number of carbonyl (C=O) groups is 3. The maximum Gasteiger partial charge on any atom is 0.233 e. The molecule has 28 heavy (non-hydrogen) atoms. The molecule has 6 nitrogen and oxygen atoms in total. The van der Waals surface area contributed by atoms with Gasteiger partial charge in [-0.15, -0.1) is 0 Å². The predicted octanol–water partition coefficient (Wildman–Crippen LogP) is 2.58. The summed E-state index contributed by atoms with van der Waals surface area (Å²) in [7, 11) is 0. The van der Waals surface area contributed by atoms with Gasteiger partial charge < -0.3 is 10.2 Å². The van der Waals surface area contributed by atoms with E-state index in [1.807, 2.05) is 18.2 Å². The van der Waals surface area contributed by atoms with Crippen molar-refractivity contribution < 1.29 is 14.4 Å². The molecule has 1 aromatic rings. The number of rotatable bonds is 9. The summed E-state index contributed by atoms with van der Waals surface area (Å²) in [5.74, 6) is -0.504. The fourth-order valence-electron chi connectivity index (χ4n) is 4.36. The van der Waals surface area contributed by atoms with E-state index in [-0.39, 0.29) is 42.5 Å². The van der Waals surface area contributed by atoms with Crippen molar-refractivity contribution in [2.75, 3.05) is 31.1 Å². The van der Waals surface area contributed by atoms with Crippen LogP contribution in [0.4, 0.5) is 5.69 Å². The number of amides is 3. The van der Waals surface area contributed by atoms with E-state index in [4.69, 9.17) is 0 Å². The first-order valence-electron chi connectivity index (χ1n) is 10.5. The topological polar surface area (TPSA) is 69.7 Å². The van der Waals surface area contributed by atoms with Crippen LogP contribution in [0.25, 0.3) is 0 Å². The van der Waals surface area contributed by atoms with Gasteiger partial charge in [-0.05, 0) is 38.3 Å². The summed E-state index contributed by atoms with van der Waals surface area (Å²) < 4.78 is 0. The number of carbonyl (C=O) groups excluding carboxylic acids is 3. The van der Waals surface area contributed by atoms with E-state index in [2.05, 4.69) is 29.3 Å². The Labute approximate surface area is 167 Å². The molecule has 6 heteroatoms. The fraction of sp³-hybridized carbons (Fsp3) is 0.591. The molecule has 0 aromatic heterocycles. The van der Waals surface area contributed by atoms with Gasteiger partial charge in [-0.1, -0.05) is 31.0 Å². The Morgan fingerprint density at radius 3 is 2.36 bits per heavy atom. The smallest absolute Gasteiger partial charge is 0.233 e. The van der Waals surface area contributed by atoms with Crippen molar-refractivity contribution in [3.63, 3.8) is 0 Å². The highest BCUT2D eigenvalue weighted by Gasteiger charge is 2.47. The van der Waals surface area contributed by atoms with Gasteiger partial charge in [0, 0.05) is 38.3 Å². The Kier molecular flexibility index (Phi) is 7.06. The Balaban J connectivity index is 1.37. The number of nitrogens with one attached hydrogen (secondary N) is 1. The molecular weight excluding hydrogens is 354 g/mol. The second-order valence-corrected chi connectivity index (χ2v) is 7.69. The molecule has 1 saturated heterocycles. The number of nitrogens with zero attached hydrogens (tertiary/aromatic N) is 2. The van der Waals surface area contributed by atoms with E-state index in [0.717, 1.165) is 45.2 Å². The van der Waals surface area contributed by atoms with Crippen LogP contribution in [0.2, 0.25) is 0 Å². The van der Waals surface area contributed by atoms with Crippen molar-refractivity contribution >= 4 is 23.4 Å². The Bertz CT molecular complexity index is 668. The lowest BCUT2D eigenvalue weighted by Crippen LogP contribution is -2.36. The maximum atomic E-state index is 12.4. The van der Waals surface area contributed by atoms with E-state index < -0.39 is 0 Å². The van der Waals surface area contributed by atoms with Gasteiger partial charge in [-0.25, -0.2) is 0 Å². The Morgan fingerprint density at radius 1 is 1.11 bits per heavy atom. The molecule has 1 heterocycles. The van der Waals surface area contributed by atoms with Gasteiger partial charge >= 0.3 is 0 Å². The molecule has 2 fully saturated rings. The van der Waals surface area contributed by atoms with Gasteiger partial charge in [0.05, 0.1) is 11.8 Å². The van der Waals surface area contributed by atoms with Gasteiger partial charge in [0.25, 0.3) is 0 Å². The number of hydrogen-bond donors (Lipinski definition) is 1. The second kappa shape index (κ2) is 9.71. The summed E-state index contributed by atoms with van der Waals surface area (Å²) in [6.07, 6.45) is 4.70. The summed E-state index contributed by atoms with van der Waals surface area (Å²) in [4.78, 5) is 40.6. The van der Waals surface area contributed by atoms with Gasteiger partial charge in [-0.2, -0.15) is 0 Å². The first-order chi connectivity index (χ1) is 13.6. The van der Waals surface area contributed by atoms with Crippen molar-refractivity contribution in [3.8, 4) is 0 Å². The molecule has 152 valence electrons. The highest BCUT2D eigenvalue weighted by molar-refractivity contribution is 6.05. The fourth-order valence-corrected chi connectivity index (χ4v) is 4.36. The third kappa shape index (κ3) is 4.72. The van der Waals surface area contributed by atoms with Crippen molar-refractivity contribution in [1.82, 2.24) is 10.2 Å². The molecule has 1 aliphatic heterocycles. The number of imide groups is 1. The van der Waals surface area contributed by atoms with Crippen molar-refractivity contribution in [2.24, 2.45) is 11.8 Å². The van der Waals surface area contributed by atoms with E-state index in [1.54, 1.807) is 0 Å². The summed E-state index contributed by atoms with van der Waals surface area (Å²) >= 11 is 0. The first-order valence-corrected chi connectivity index (χ1v) is 10.5. The number of fused-ring (bicyclic) bond motifs is 1. The van der Waals surface area contributed by atoms with Crippen LogP contribution >= 0.6 is 0 Å². The van der Waals surface area contributed by atoms with Crippen LogP contribution in [-0.4, -0.2) is 48.8 Å². The van der Waals surface area contributed by atoms with E-state index >= 15 is 0 Å². The van der Waals surface area contributed by atoms with Gasteiger partial charge in [-0.3, -0.25) is 19.3 Å². The quantitative estimate of drug-likeness (QED) is 0.524. The lowest BCUT2D eigenvalue weighted by atomic mass is 9.81. The van der Waals surface area contributed by atoms with Crippen LogP contribution in [0.15, 0.2) is 30.3 Å².